The quantitative estimate of drug-likeness (QED) is 0.858. The van der Waals surface area contributed by atoms with Crippen LogP contribution >= 0.6 is 0 Å². The van der Waals surface area contributed by atoms with Crippen LogP contribution in [-0.2, 0) is 4.79 Å². The zero-order chi connectivity index (χ0) is 14.2. The lowest BCUT2D eigenvalue weighted by Gasteiger charge is -2.09. The maximum absolute atomic E-state index is 12.4. The minimum atomic E-state index is -0.0743. The number of hydrogen-bond acceptors (Lipinski definition) is 1. The van der Waals surface area contributed by atoms with Gasteiger partial charge in [-0.15, -0.1) is 0 Å². The van der Waals surface area contributed by atoms with Crippen LogP contribution < -0.4 is 5.32 Å². The minimum absolute atomic E-state index is 0.0743. The number of benzene rings is 1. The van der Waals surface area contributed by atoms with Crippen LogP contribution in [0, 0.1) is 0 Å². The number of allylic oxidation sites excluding steroid dienone is 6. The van der Waals surface area contributed by atoms with Gasteiger partial charge in [-0.2, -0.15) is 0 Å². The second-order valence-corrected chi connectivity index (χ2v) is 4.53. The molecule has 2 heteroatoms. The molecule has 0 saturated heterocycles. The summed E-state index contributed by atoms with van der Waals surface area (Å²) in [6, 6.07) is 9.51. The molecule has 0 heterocycles. The fourth-order valence-electron chi connectivity index (χ4n) is 1.97. The number of hydrogen-bond donors (Lipinski definition) is 1. The molecule has 20 heavy (non-hydrogen) atoms. The number of carbonyl (C=O) groups excluding carboxylic acids is 1. The lowest BCUT2D eigenvalue weighted by Crippen LogP contribution is -2.15. The third-order valence-corrected chi connectivity index (χ3v) is 2.99. The van der Waals surface area contributed by atoms with E-state index in [1.807, 2.05) is 54.6 Å². The Morgan fingerprint density at radius 2 is 2.10 bits per heavy atom. The second kappa shape index (κ2) is 7.29. The number of rotatable bonds is 4. The van der Waals surface area contributed by atoms with E-state index in [0.29, 0.717) is 5.57 Å². The highest BCUT2D eigenvalue weighted by atomic mass is 16.1. The van der Waals surface area contributed by atoms with Gasteiger partial charge in [0.05, 0.1) is 0 Å². The molecule has 0 aromatic heterocycles. The molecule has 102 valence electrons. The zero-order valence-electron chi connectivity index (χ0n) is 11.7. The Labute approximate surface area is 120 Å². The van der Waals surface area contributed by atoms with Crippen molar-refractivity contribution in [3.8, 4) is 0 Å². The lowest BCUT2D eigenvalue weighted by molar-refractivity contribution is -0.112. The van der Waals surface area contributed by atoms with Crippen molar-refractivity contribution < 1.29 is 4.79 Å². The molecule has 0 spiro atoms. The molecule has 1 aromatic carbocycles. The van der Waals surface area contributed by atoms with Gasteiger partial charge in [-0.05, 0) is 36.6 Å². The van der Waals surface area contributed by atoms with E-state index in [1.54, 1.807) is 0 Å². The number of para-hydroxylation sites is 1. The molecule has 1 aromatic rings. The molecule has 2 nitrogen and oxygen atoms in total. The summed E-state index contributed by atoms with van der Waals surface area (Å²) in [5.41, 5.74) is 2.49. The highest BCUT2D eigenvalue weighted by molar-refractivity contribution is 6.07. The largest absolute Gasteiger partial charge is 0.322 e. The van der Waals surface area contributed by atoms with Crippen molar-refractivity contribution in [3.05, 3.63) is 77.9 Å². The van der Waals surface area contributed by atoms with Gasteiger partial charge in [-0.25, -0.2) is 0 Å². The predicted molar refractivity (Wildman–Crippen MR) is 84.4 cm³/mol. The van der Waals surface area contributed by atoms with Gasteiger partial charge in [0.15, 0.2) is 0 Å². The summed E-state index contributed by atoms with van der Waals surface area (Å²) in [4.78, 5) is 12.4. The van der Waals surface area contributed by atoms with E-state index < -0.39 is 0 Å². The van der Waals surface area contributed by atoms with E-state index in [4.69, 9.17) is 0 Å². The monoisotopic (exact) mass is 265 g/mol. The van der Waals surface area contributed by atoms with E-state index in [1.165, 1.54) is 0 Å². The number of anilines is 1. The third-order valence-electron chi connectivity index (χ3n) is 2.99. The predicted octanol–water partition coefficient (Wildman–Crippen LogP) is 4.40. The smallest absolute Gasteiger partial charge is 0.256 e. The highest BCUT2D eigenvalue weighted by Crippen LogP contribution is 2.19. The maximum Gasteiger partial charge on any atom is 0.256 e. The zero-order valence-corrected chi connectivity index (χ0v) is 11.7. The van der Waals surface area contributed by atoms with E-state index in [0.717, 1.165) is 24.1 Å². The van der Waals surface area contributed by atoms with Crippen molar-refractivity contribution in [1.82, 2.24) is 0 Å². The average Bonchev–Trinajstić information content (AvgIpc) is 2.71. The van der Waals surface area contributed by atoms with Gasteiger partial charge in [-0.1, -0.05) is 55.5 Å². The fraction of sp³-hybridized carbons (Fsp3) is 0.167. The van der Waals surface area contributed by atoms with Gasteiger partial charge in [0.25, 0.3) is 5.91 Å². The molecule has 0 radical (unpaired) electrons. The summed E-state index contributed by atoms with van der Waals surface area (Å²) < 4.78 is 0. The molecule has 1 N–H and O–H groups in total. The van der Waals surface area contributed by atoms with Crippen LogP contribution in [0.15, 0.2) is 77.9 Å². The molecule has 1 amide bonds. The van der Waals surface area contributed by atoms with Crippen molar-refractivity contribution in [1.29, 1.82) is 0 Å². The highest BCUT2D eigenvalue weighted by Gasteiger charge is 2.13. The Bertz CT molecular complexity index is 577. The lowest BCUT2D eigenvalue weighted by atomic mass is 10.0. The van der Waals surface area contributed by atoms with Crippen LogP contribution in [0.5, 0.6) is 0 Å². The Kier molecular flexibility index (Phi) is 5.13. The van der Waals surface area contributed by atoms with Gasteiger partial charge < -0.3 is 5.32 Å². The summed E-state index contributed by atoms with van der Waals surface area (Å²) >= 11 is 0. The first kappa shape index (κ1) is 14.1. The SMILES string of the molecule is CC/C=C/C1=CCC=CC=C1C(=O)Nc1ccccc1. The van der Waals surface area contributed by atoms with E-state index in [2.05, 4.69) is 24.4 Å². The van der Waals surface area contributed by atoms with Crippen LogP contribution in [0.3, 0.4) is 0 Å². The molecule has 0 saturated carbocycles. The Morgan fingerprint density at radius 1 is 1.30 bits per heavy atom. The van der Waals surface area contributed by atoms with Crippen LogP contribution in [0.25, 0.3) is 0 Å². The summed E-state index contributed by atoms with van der Waals surface area (Å²) in [6.07, 6.45) is 13.8. The van der Waals surface area contributed by atoms with E-state index in [-0.39, 0.29) is 5.91 Å². The van der Waals surface area contributed by atoms with Gasteiger partial charge in [-0.3, -0.25) is 4.79 Å². The molecule has 0 atom stereocenters. The van der Waals surface area contributed by atoms with Crippen LogP contribution in [0.2, 0.25) is 0 Å². The fourth-order valence-corrected chi connectivity index (χ4v) is 1.97. The van der Waals surface area contributed by atoms with Gasteiger partial charge in [0.1, 0.15) is 0 Å². The van der Waals surface area contributed by atoms with Crippen molar-refractivity contribution in [3.63, 3.8) is 0 Å². The molecule has 1 aliphatic rings. The number of amides is 1. The first-order valence-corrected chi connectivity index (χ1v) is 6.91. The number of carbonyl (C=O) groups is 1. The second-order valence-electron chi connectivity index (χ2n) is 4.53. The summed E-state index contributed by atoms with van der Waals surface area (Å²) in [7, 11) is 0. The summed E-state index contributed by atoms with van der Waals surface area (Å²) in [5, 5.41) is 2.93. The van der Waals surface area contributed by atoms with Crippen molar-refractivity contribution in [2.24, 2.45) is 0 Å². The molecule has 0 bridgehead atoms. The molecule has 0 aliphatic heterocycles. The van der Waals surface area contributed by atoms with E-state index in [9.17, 15) is 4.79 Å². The summed E-state index contributed by atoms with van der Waals surface area (Å²) in [6.45, 7) is 2.08. The summed E-state index contributed by atoms with van der Waals surface area (Å²) in [5.74, 6) is -0.0743. The molecule has 0 fully saturated rings. The minimum Gasteiger partial charge on any atom is -0.322 e. The normalized spacial score (nSPS) is 14.7. The molecule has 1 aliphatic carbocycles. The van der Waals surface area contributed by atoms with Crippen LogP contribution in [0.4, 0.5) is 5.69 Å². The van der Waals surface area contributed by atoms with Gasteiger partial charge >= 0.3 is 0 Å². The van der Waals surface area contributed by atoms with Crippen molar-refractivity contribution in [2.45, 2.75) is 19.8 Å². The first-order valence-electron chi connectivity index (χ1n) is 6.91. The average molecular weight is 265 g/mol. The molecular formula is C18H19NO. The Hall–Kier alpha value is -2.35. The van der Waals surface area contributed by atoms with Gasteiger partial charge in [0, 0.05) is 11.3 Å². The van der Waals surface area contributed by atoms with Gasteiger partial charge in [0.2, 0.25) is 0 Å². The third kappa shape index (κ3) is 3.82. The first-order chi connectivity index (χ1) is 9.81. The molecular weight excluding hydrogens is 246 g/mol. The number of nitrogens with one attached hydrogen (secondary N) is 1. The standard InChI is InChI=1S/C18H19NO/c1-2-3-10-15-11-6-4-9-14-17(15)18(20)19-16-12-7-5-8-13-16/h3-5,7-14H,2,6H2,1H3,(H,19,20)/b10-3+. The van der Waals surface area contributed by atoms with Crippen LogP contribution in [-0.4, -0.2) is 5.91 Å². The Morgan fingerprint density at radius 3 is 2.85 bits per heavy atom. The maximum atomic E-state index is 12.4. The van der Waals surface area contributed by atoms with Crippen molar-refractivity contribution in [2.75, 3.05) is 5.32 Å². The van der Waals surface area contributed by atoms with E-state index >= 15 is 0 Å². The molecule has 0 unspecified atom stereocenters. The Balaban J connectivity index is 2.19. The van der Waals surface area contributed by atoms with Crippen molar-refractivity contribution >= 4 is 11.6 Å². The van der Waals surface area contributed by atoms with Crippen LogP contribution in [0.1, 0.15) is 19.8 Å². The topological polar surface area (TPSA) is 29.1 Å². The molecule has 2 rings (SSSR count).